The van der Waals surface area contributed by atoms with E-state index in [2.05, 4.69) is 5.73 Å². The van der Waals surface area contributed by atoms with Crippen molar-refractivity contribution in [3.63, 3.8) is 0 Å². The fourth-order valence-electron chi connectivity index (χ4n) is 0.160. The van der Waals surface area contributed by atoms with Gasteiger partial charge in [-0.1, -0.05) is 0 Å². The van der Waals surface area contributed by atoms with Crippen molar-refractivity contribution in [3.05, 3.63) is 0 Å². The Morgan fingerprint density at radius 3 is 1.29 bits per heavy atom. The van der Waals surface area contributed by atoms with Crippen LogP contribution in [-0.4, -0.2) is 25.8 Å². The summed E-state index contributed by atoms with van der Waals surface area (Å²) in [6, 6.07) is 0. The molecule has 0 saturated heterocycles. The standard InChI is InChI=1S/C2H9NO6P2.H3N.2H2O/c1-2(3,10(4,5)6)11(7,8)9;;;/h3H2,1H3,(H2,4,5,6)(H2,7,8,9);1H3;2*1H2. The summed E-state index contributed by atoms with van der Waals surface area (Å²) >= 11 is 0. The normalized spacial score (nSPS) is 22.1. The van der Waals surface area contributed by atoms with E-state index in [0.29, 0.717) is 6.92 Å². The molecular formula is C2H16N2O8P2. The molecule has 10 nitrogen and oxygen atoms in total. The highest BCUT2D eigenvalue weighted by Crippen LogP contribution is 2.59. The van der Waals surface area contributed by atoms with Gasteiger partial charge in [-0.25, -0.2) is 0 Å². The van der Waals surface area contributed by atoms with Crippen LogP contribution in [-0.2, 0) is 9.13 Å². The molecule has 0 amide bonds. The summed E-state index contributed by atoms with van der Waals surface area (Å²) in [7, 11) is -10.4. The largest absolute Gasteiger partial charge is 0.774 e. The minimum atomic E-state index is -5.18. The summed E-state index contributed by atoms with van der Waals surface area (Å²) in [5.74, 6) is 0. The molecular weight excluding hydrogens is 242 g/mol. The van der Waals surface area contributed by atoms with Crippen molar-refractivity contribution in [1.82, 2.24) is 6.15 Å². The van der Waals surface area contributed by atoms with Crippen molar-refractivity contribution in [2.24, 2.45) is 0 Å². The van der Waals surface area contributed by atoms with Crippen LogP contribution in [0.3, 0.4) is 0 Å². The highest BCUT2D eigenvalue weighted by Gasteiger charge is 2.44. The van der Waals surface area contributed by atoms with Gasteiger partial charge in [-0.3, -0.25) is 0 Å². The minimum absolute atomic E-state index is 0. The van der Waals surface area contributed by atoms with Gasteiger partial charge in [0.15, 0.2) is 0 Å². The average molecular weight is 258 g/mol. The van der Waals surface area contributed by atoms with E-state index in [1.807, 2.05) is 0 Å². The Morgan fingerprint density at radius 1 is 1.14 bits per heavy atom. The van der Waals surface area contributed by atoms with Gasteiger partial charge < -0.3 is 51.5 Å². The van der Waals surface area contributed by atoms with E-state index in [0.717, 1.165) is 0 Å². The van der Waals surface area contributed by atoms with Crippen LogP contribution in [0, 0.1) is 0 Å². The molecule has 0 fully saturated rings. The highest BCUT2D eigenvalue weighted by molar-refractivity contribution is 7.70. The van der Waals surface area contributed by atoms with Crippen molar-refractivity contribution in [3.8, 4) is 0 Å². The van der Waals surface area contributed by atoms with Crippen molar-refractivity contribution >= 4 is 15.2 Å². The van der Waals surface area contributed by atoms with Gasteiger partial charge in [0.25, 0.3) is 0 Å². The van der Waals surface area contributed by atoms with Crippen LogP contribution in [0.25, 0.3) is 0 Å². The van der Waals surface area contributed by atoms with Crippen LogP contribution >= 0.6 is 15.2 Å². The van der Waals surface area contributed by atoms with Crippen molar-refractivity contribution in [2.75, 3.05) is 0 Å². The Bertz CT molecular complexity index is 216. The van der Waals surface area contributed by atoms with Gasteiger partial charge in [0.05, 0.1) is 0 Å². The molecule has 0 bridgehead atoms. The zero-order chi connectivity index (χ0) is 9.50. The third-order valence-electron chi connectivity index (χ3n) is 1.22. The second-order valence-corrected chi connectivity index (χ2v) is 6.67. The van der Waals surface area contributed by atoms with Crippen LogP contribution in [0.2, 0.25) is 0 Å². The lowest BCUT2D eigenvalue weighted by Crippen LogP contribution is -2.72. The van der Waals surface area contributed by atoms with E-state index >= 15 is 0 Å². The molecule has 92 valence electrons. The lowest BCUT2D eigenvalue weighted by atomic mass is 10.8. The first kappa shape index (κ1) is 23.7. The van der Waals surface area contributed by atoms with Gasteiger partial charge in [0, 0.05) is 6.92 Å². The smallest absolute Gasteiger partial charge is 0.216 e. The first-order chi connectivity index (χ1) is 4.50. The molecule has 0 aliphatic carbocycles. The molecule has 0 heterocycles. The van der Waals surface area contributed by atoms with Gasteiger partial charge in [-0.05, 0) is 0 Å². The Balaban J connectivity index is -0.000000167. The van der Waals surface area contributed by atoms with E-state index in [4.69, 9.17) is 9.79 Å². The SMILES string of the molecule is CC([NH3+])(P(=O)([O-])O)P(=O)([O-])O.O.O.[NH4+]. The van der Waals surface area contributed by atoms with Crippen LogP contribution in [0.15, 0.2) is 0 Å². The predicted molar refractivity (Wildman–Crippen MR) is 44.2 cm³/mol. The summed E-state index contributed by atoms with van der Waals surface area (Å²) in [5.41, 5.74) is 2.66. The summed E-state index contributed by atoms with van der Waals surface area (Å²) in [6.45, 7) is 0.592. The van der Waals surface area contributed by atoms with E-state index in [1.54, 1.807) is 0 Å². The van der Waals surface area contributed by atoms with Crippen LogP contribution in [0.1, 0.15) is 6.92 Å². The second-order valence-electron chi connectivity index (χ2n) is 2.26. The number of hydrogen-bond donors (Lipinski definition) is 4. The minimum Gasteiger partial charge on any atom is -0.774 e. The van der Waals surface area contributed by atoms with Crippen molar-refractivity contribution < 1.29 is 45.4 Å². The van der Waals surface area contributed by atoms with Gasteiger partial charge in [0.1, 0.15) is 0 Å². The van der Waals surface area contributed by atoms with Crippen LogP contribution in [0.5, 0.6) is 0 Å². The summed E-state index contributed by atoms with van der Waals surface area (Å²) in [4.78, 5) is 37.1. The summed E-state index contributed by atoms with van der Waals surface area (Å²) < 4.78 is 20.6. The third-order valence-corrected chi connectivity index (χ3v) is 5.17. The zero-order valence-electron chi connectivity index (χ0n) is 7.63. The Labute approximate surface area is 79.6 Å². The molecule has 0 aromatic heterocycles. The zero-order valence-corrected chi connectivity index (χ0v) is 9.42. The molecule has 2 unspecified atom stereocenters. The van der Waals surface area contributed by atoms with Crippen LogP contribution in [0.4, 0.5) is 0 Å². The van der Waals surface area contributed by atoms with Gasteiger partial charge in [-0.2, -0.15) is 0 Å². The molecule has 0 aliphatic heterocycles. The molecule has 0 spiro atoms. The molecule has 0 rings (SSSR count). The first-order valence-electron chi connectivity index (χ1n) is 2.43. The Kier molecular flexibility index (Phi) is 9.98. The van der Waals surface area contributed by atoms with Gasteiger partial charge in [0.2, 0.25) is 20.2 Å². The molecule has 13 N–H and O–H groups in total. The maximum Gasteiger partial charge on any atom is 0.216 e. The Morgan fingerprint density at radius 2 is 1.29 bits per heavy atom. The number of rotatable bonds is 2. The van der Waals surface area contributed by atoms with E-state index < -0.39 is 20.2 Å². The van der Waals surface area contributed by atoms with E-state index in [-0.39, 0.29) is 17.1 Å². The summed E-state index contributed by atoms with van der Waals surface area (Å²) in [6.07, 6.45) is 0. The molecule has 0 saturated carbocycles. The maximum absolute atomic E-state index is 10.3. The third kappa shape index (κ3) is 4.58. The lowest BCUT2D eigenvalue weighted by Gasteiger charge is -2.36. The van der Waals surface area contributed by atoms with Gasteiger partial charge >= 0.3 is 0 Å². The molecule has 14 heavy (non-hydrogen) atoms. The number of hydrogen-bond acceptors (Lipinski definition) is 4. The molecule has 2 atom stereocenters. The first-order valence-corrected chi connectivity index (χ1v) is 5.59. The van der Waals surface area contributed by atoms with Gasteiger partial charge in [-0.15, -0.1) is 0 Å². The molecule has 0 radical (unpaired) electrons. The van der Waals surface area contributed by atoms with E-state index in [1.165, 1.54) is 0 Å². The second kappa shape index (κ2) is 5.89. The summed E-state index contributed by atoms with van der Waals surface area (Å²) in [5, 5.41) is -2.76. The fourth-order valence-corrected chi connectivity index (χ4v) is 1.44. The van der Waals surface area contributed by atoms with Crippen LogP contribution < -0.4 is 21.7 Å². The lowest BCUT2D eigenvalue weighted by molar-refractivity contribution is -0.435. The predicted octanol–water partition coefficient (Wildman–Crippen LogP) is -4.28. The van der Waals surface area contributed by atoms with Crippen molar-refractivity contribution in [2.45, 2.75) is 11.9 Å². The average Bonchev–Trinajstić information content (AvgIpc) is 1.58. The quantitative estimate of drug-likeness (QED) is 0.356. The highest BCUT2D eigenvalue weighted by atomic mass is 31.2. The topological polar surface area (TPSA) is 248 Å². The monoisotopic (exact) mass is 258 g/mol. The molecule has 0 aromatic rings. The number of quaternary nitrogens is 2. The Hall–Kier alpha value is 0.140. The molecule has 0 aliphatic rings. The maximum atomic E-state index is 10.3. The fraction of sp³-hybridized carbons (Fsp3) is 1.00. The van der Waals surface area contributed by atoms with Crippen molar-refractivity contribution in [1.29, 1.82) is 0 Å². The van der Waals surface area contributed by atoms with E-state index in [9.17, 15) is 18.9 Å². The molecule has 0 aromatic carbocycles. The molecule has 12 heteroatoms.